The highest BCUT2D eigenvalue weighted by molar-refractivity contribution is 5.51. The second kappa shape index (κ2) is 39.0. The summed E-state index contributed by atoms with van der Waals surface area (Å²) in [5.74, 6) is 3.70. The fourth-order valence-corrected chi connectivity index (χ4v) is 5.12. The van der Waals surface area contributed by atoms with Gasteiger partial charge in [0.05, 0.1) is 121 Å². The molecular formula is C42H74N2O15. The number of rotatable bonds is 39. The Kier molecular flexibility index (Phi) is 35.5. The maximum Gasteiger partial charge on any atom is 0.203 e. The maximum absolute atomic E-state index is 5.81. The smallest absolute Gasteiger partial charge is 0.203 e. The van der Waals surface area contributed by atoms with Crippen molar-refractivity contribution in [3.63, 3.8) is 0 Å². The molecule has 59 heavy (non-hydrogen) atoms. The molecule has 0 N–H and O–H groups in total. The van der Waals surface area contributed by atoms with E-state index in [4.69, 9.17) is 71.1 Å². The van der Waals surface area contributed by atoms with E-state index in [1.807, 2.05) is 36.4 Å². The lowest BCUT2D eigenvalue weighted by atomic mass is 10.3. The van der Waals surface area contributed by atoms with E-state index in [9.17, 15) is 0 Å². The maximum atomic E-state index is 5.81. The predicted octanol–water partition coefficient (Wildman–Crippen LogP) is 3.44. The molecule has 0 aromatic heterocycles. The van der Waals surface area contributed by atoms with Crippen LogP contribution in [-0.2, 0) is 42.6 Å². The Bertz CT molecular complexity index is 1170. The summed E-state index contributed by atoms with van der Waals surface area (Å²) in [6, 6.07) is 11.0. The molecule has 0 fully saturated rings. The van der Waals surface area contributed by atoms with Crippen molar-refractivity contribution in [1.29, 1.82) is 0 Å². The van der Waals surface area contributed by atoms with E-state index >= 15 is 0 Å². The van der Waals surface area contributed by atoms with E-state index < -0.39 is 0 Å². The van der Waals surface area contributed by atoms with Gasteiger partial charge in [0, 0.05) is 67.7 Å². The number of ether oxygens (including phenoxy) is 15. The number of benzene rings is 2. The molecule has 2 rings (SSSR count). The first-order valence-electron chi connectivity index (χ1n) is 20.0. The van der Waals surface area contributed by atoms with Gasteiger partial charge in [-0.05, 0) is 24.3 Å². The molecule has 342 valence electrons. The summed E-state index contributed by atoms with van der Waals surface area (Å²) in [5, 5.41) is 0. The lowest BCUT2D eigenvalue weighted by Crippen LogP contribution is -2.34. The number of hydrogen-bond acceptors (Lipinski definition) is 17. The molecule has 0 saturated heterocycles. The van der Waals surface area contributed by atoms with Crippen LogP contribution < -0.4 is 28.4 Å². The largest absolute Gasteiger partial charge is 0.493 e. The van der Waals surface area contributed by atoms with Crippen molar-refractivity contribution in [3.8, 4) is 34.5 Å². The first-order chi connectivity index (χ1) is 29.0. The molecule has 0 spiro atoms. The van der Waals surface area contributed by atoms with Crippen molar-refractivity contribution in [2.45, 2.75) is 0 Å². The quantitative estimate of drug-likeness (QED) is 0.0906. The lowest BCUT2D eigenvalue weighted by molar-refractivity contribution is 0.0240. The van der Waals surface area contributed by atoms with E-state index in [-0.39, 0.29) is 0 Å². The Labute approximate surface area is 353 Å². The van der Waals surface area contributed by atoms with Gasteiger partial charge in [-0.15, -0.1) is 0 Å². The Morgan fingerprint density at radius 1 is 0.305 bits per heavy atom. The van der Waals surface area contributed by atoms with Crippen LogP contribution in [0.15, 0.2) is 36.4 Å². The average Bonchev–Trinajstić information content (AvgIpc) is 3.27. The molecule has 0 heterocycles. The van der Waals surface area contributed by atoms with Crippen molar-refractivity contribution < 1.29 is 71.1 Å². The zero-order chi connectivity index (χ0) is 43.0. The van der Waals surface area contributed by atoms with Gasteiger partial charge in [0.2, 0.25) is 11.5 Å². The summed E-state index contributed by atoms with van der Waals surface area (Å²) >= 11 is 0. The van der Waals surface area contributed by atoms with Crippen LogP contribution in [0.4, 0.5) is 0 Å². The van der Waals surface area contributed by atoms with Gasteiger partial charge in [-0.3, -0.25) is 9.80 Å². The van der Waals surface area contributed by atoms with Gasteiger partial charge in [-0.25, -0.2) is 0 Å². The third-order valence-electron chi connectivity index (χ3n) is 8.38. The molecule has 2 aromatic rings. The van der Waals surface area contributed by atoms with E-state index in [2.05, 4.69) is 9.80 Å². The first-order valence-corrected chi connectivity index (χ1v) is 20.0. The fraction of sp³-hybridized carbons (Fsp3) is 0.714. The summed E-state index contributed by atoms with van der Waals surface area (Å²) in [5.41, 5.74) is 0. The minimum atomic E-state index is 0.400. The molecule has 0 aliphatic rings. The molecule has 0 unspecified atom stereocenters. The SMILES string of the molecule is COCCN(CCOC)CCOCCOCCOc1c(OC)cccc1OC.COCCOCCN(CCOCCOC)CCOCCOc1c(OC)cccc1OC. The van der Waals surface area contributed by atoms with Gasteiger partial charge in [-0.2, -0.15) is 0 Å². The highest BCUT2D eigenvalue weighted by atomic mass is 16.6. The Morgan fingerprint density at radius 2 is 0.559 bits per heavy atom. The van der Waals surface area contributed by atoms with Crippen LogP contribution in [0.2, 0.25) is 0 Å². The summed E-state index contributed by atoms with van der Waals surface area (Å²) in [7, 11) is 13.1. The van der Waals surface area contributed by atoms with Crippen molar-refractivity contribution in [1.82, 2.24) is 9.80 Å². The summed E-state index contributed by atoms with van der Waals surface area (Å²) in [6.07, 6.45) is 0. The summed E-state index contributed by atoms with van der Waals surface area (Å²) in [4.78, 5) is 4.51. The van der Waals surface area contributed by atoms with E-state index in [0.29, 0.717) is 140 Å². The predicted molar refractivity (Wildman–Crippen MR) is 225 cm³/mol. The Balaban J connectivity index is 0.000000593. The molecule has 0 amide bonds. The zero-order valence-corrected chi connectivity index (χ0v) is 37.0. The molecule has 0 saturated carbocycles. The van der Waals surface area contributed by atoms with Crippen LogP contribution in [0.5, 0.6) is 34.5 Å². The van der Waals surface area contributed by atoms with Crippen molar-refractivity contribution in [3.05, 3.63) is 36.4 Å². The number of methoxy groups -OCH3 is 8. The molecule has 2 aromatic carbocycles. The standard InChI is InChI=1S/C22H39NO8.C20H35NO7/c1-24-14-16-28-11-8-23(9-12-29-17-15-25-2)10-13-30-18-19-31-22-20(26-3)6-5-7-21(22)27-4;1-22-11-8-21(9-12-23-2)10-13-26-14-15-27-16-17-28-20-18(24-3)6-5-7-19(20)25-4/h5-7H,8-19H2,1-4H3;5-7H,8-17H2,1-4H3. The van der Waals surface area contributed by atoms with Crippen LogP contribution in [0.25, 0.3) is 0 Å². The molecule has 0 atom stereocenters. The lowest BCUT2D eigenvalue weighted by Gasteiger charge is -2.22. The van der Waals surface area contributed by atoms with Crippen molar-refractivity contribution in [2.24, 2.45) is 0 Å². The normalized spacial score (nSPS) is 11.1. The van der Waals surface area contributed by atoms with Crippen LogP contribution in [0, 0.1) is 0 Å². The third-order valence-corrected chi connectivity index (χ3v) is 8.38. The molecular weight excluding hydrogens is 772 g/mol. The van der Waals surface area contributed by atoms with Gasteiger partial charge >= 0.3 is 0 Å². The average molecular weight is 847 g/mol. The Morgan fingerprint density at radius 3 is 0.847 bits per heavy atom. The highest BCUT2D eigenvalue weighted by Crippen LogP contribution is 2.37. The van der Waals surface area contributed by atoms with Crippen molar-refractivity contribution >= 4 is 0 Å². The fourth-order valence-electron chi connectivity index (χ4n) is 5.12. The molecule has 17 nitrogen and oxygen atoms in total. The molecule has 0 bridgehead atoms. The molecule has 0 aliphatic heterocycles. The van der Waals surface area contributed by atoms with Gasteiger partial charge in [0.25, 0.3) is 0 Å². The van der Waals surface area contributed by atoms with E-state index in [1.165, 1.54) is 0 Å². The van der Waals surface area contributed by atoms with E-state index in [0.717, 1.165) is 39.3 Å². The number of para-hydroxylation sites is 2. The summed E-state index contributed by atoms with van der Waals surface area (Å²) < 4.78 is 81.1. The molecule has 0 radical (unpaired) electrons. The Hall–Kier alpha value is -3.20. The second-order valence-corrected chi connectivity index (χ2v) is 12.4. The monoisotopic (exact) mass is 847 g/mol. The highest BCUT2D eigenvalue weighted by Gasteiger charge is 2.13. The third kappa shape index (κ3) is 26.6. The van der Waals surface area contributed by atoms with Crippen LogP contribution in [0.1, 0.15) is 0 Å². The molecule has 0 aliphatic carbocycles. The van der Waals surface area contributed by atoms with Gasteiger partial charge in [0.1, 0.15) is 13.2 Å². The zero-order valence-electron chi connectivity index (χ0n) is 37.0. The van der Waals surface area contributed by atoms with Crippen LogP contribution in [0.3, 0.4) is 0 Å². The minimum absolute atomic E-state index is 0.400. The molecule has 17 heteroatoms. The van der Waals surface area contributed by atoms with Crippen LogP contribution in [-0.4, -0.2) is 212 Å². The first kappa shape index (κ1) is 53.8. The van der Waals surface area contributed by atoms with Gasteiger partial charge in [-0.1, -0.05) is 12.1 Å². The minimum Gasteiger partial charge on any atom is -0.493 e. The van der Waals surface area contributed by atoms with Crippen LogP contribution >= 0.6 is 0 Å². The number of hydrogen-bond donors (Lipinski definition) is 0. The van der Waals surface area contributed by atoms with Crippen molar-refractivity contribution in [2.75, 3.05) is 202 Å². The van der Waals surface area contributed by atoms with Gasteiger partial charge in [0.15, 0.2) is 23.0 Å². The van der Waals surface area contributed by atoms with Gasteiger partial charge < -0.3 is 71.1 Å². The second-order valence-electron chi connectivity index (χ2n) is 12.4. The topological polar surface area (TPSA) is 145 Å². The van der Waals surface area contributed by atoms with E-state index in [1.54, 1.807) is 56.9 Å². The summed E-state index contributed by atoms with van der Waals surface area (Å²) in [6.45, 7) is 14.0. The number of nitrogens with zero attached hydrogens (tertiary/aromatic N) is 2.